The van der Waals surface area contributed by atoms with E-state index >= 15 is 0 Å². The van der Waals surface area contributed by atoms with Gasteiger partial charge in [0.05, 0.1) is 6.04 Å². The van der Waals surface area contributed by atoms with Crippen LogP contribution in [0.2, 0.25) is 0 Å². The fourth-order valence-electron chi connectivity index (χ4n) is 1.96. The zero-order valence-electron chi connectivity index (χ0n) is 10.3. The van der Waals surface area contributed by atoms with Crippen LogP contribution in [-0.2, 0) is 4.79 Å². The molecule has 1 aliphatic rings. The number of ether oxygens (including phenoxy) is 1. The van der Waals surface area contributed by atoms with Gasteiger partial charge in [0, 0.05) is 20.0 Å². The Bertz CT molecular complexity index is 433. The number of para-hydroxylation sites is 1. The van der Waals surface area contributed by atoms with Crippen LogP contribution in [0.3, 0.4) is 0 Å². The highest BCUT2D eigenvalue weighted by Gasteiger charge is 2.25. The summed E-state index contributed by atoms with van der Waals surface area (Å²) in [6.07, 6.45) is 0.292. The van der Waals surface area contributed by atoms with Crippen LogP contribution in [0.4, 0.5) is 4.79 Å². The monoisotopic (exact) mass is 248 g/mol. The summed E-state index contributed by atoms with van der Waals surface area (Å²) in [5, 5.41) is 2.76. The van der Waals surface area contributed by atoms with Crippen molar-refractivity contribution in [2.75, 3.05) is 13.1 Å². The Morgan fingerprint density at radius 2 is 2.06 bits per heavy atom. The second-order valence-electron chi connectivity index (χ2n) is 4.30. The van der Waals surface area contributed by atoms with Gasteiger partial charge < -0.3 is 15.0 Å². The quantitative estimate of drug-likeness (QED) is 0.860. The zero-order valence-corrected chi connectivity index (χ0v) is 10.3. The van der Waals surface area contributed by atoms with Gasteiger partial charge in [-0.1, -0.05) is 18.2 Å². The molecule has 0 radical (unpaired) electrons. The number of nitrogens with one attached hydrogen (secondary N) is 1. The Balaban J connectivity index is 1.80. The van der Waals surface area contributed by atoms with Gasteiger partial charge in [-0.3, -0.25) is 4.79 Å². The maximum Gasteiger partial charge on any atom is 0.412 e. The molecule has 1 aromatic rings. The van der Waals surface area contributed by atoms with Crippen molar-refractivity contribution in [1.82, 2.24) is 10.2 Å². The first kappa shape index (κ1) is 12.4. The molecule has 18 heavy (non-hydrogen) atoms. The number of benzene rings is 1. The van der Waals surface area contributed by atoms with E-state index < -0.39 is 6.09 Å². The number of hydrogen-bond acceptors (Lipinski definition) is 3. The SMILES string of the molecule is CC(=O)N1CCC(NC(=O)Oc2ccccc2)C1. The molecule has 0 aromatic heterocycles. The first-order valence-electron chi connectivity index (χ1n) is 5.94. The summed E-state index contributed by atoms with van der Waals surface area (Å²) in [4.78, 5) is 24.5. The first-order valence-corrected chi connectivity index (χ1v) is 5.94. The lowest BCUT2D eigenvalue weighted by Crippen LogP contribution is -2.39. The van der Waals surface area contributed by atoms with Crippen LogP contribution >= 0.6 is 0 Å². The van der Waals surface area contributed by atoms with E-state index in [0.29, 0.717) is 18.8 Å². The minimum atomic E-state index is -0.475. The number of nitrogens with zero attached hydrogens (tertiary/aromatic N) is 1. The van der Waals surface area contributed by atoms with E-state index in [1.807, 2.05) is 6.07 Å². The molecule has 1 fully saturated rings. The molecule has 0 aliphatic carbocycles. The molecule has 96 valence electrons. The van der Waals surface area contributed by atoms with Gasteiger partial charge in [-0.2, -0.15) is 0 Å². The summed E-state index contributed by atoms with van der Waals surface area (Å²) in [5.41, 5.74) is 0. The van der Waals surface area contributed by atoms with Crippen molar-refractivity contribution in [2.24, 2.45) is 0 Å². The second kappa shape index (κ2) is 5.53. The first-order chi connectivity index (χ1) is 8.65. The molecule has 1 heterocycles. The maximum atomic E-state index is 11.6. The average molecular weight is 248 g/mol. The molecular weight excluding hydrogens is 232 g/mol. The largest absolute Gasteiger partial charge is 0.412 e. The molecule has 1 saturated heterocycles. The van der Waals surface area contributed by atoms with E-state index in [9.17, 15) is 9.59 Å². The molecule has 1 atom stereocenters. The van der Waals surface area contributed by atoms with Crippen LogP contribution in [0.1, 0.15) is 13.3 Å². The molecule has 1 unspecified atom stereocenters. The van der Waals surface area contributed by atoms with Crippen molar-refractivity contribution >= 4 is 12.0 Å². The van der Waals surface area contributed by atoms with E-state index in [1.165, 1.54) is 6.92 Å². The summed E-state index contributed by atoms with van der Waals surface area (Å²) < 4.78 is 5.12. The van der Waals surface area contributed by atoms with Gasteiger partial charge in [0.1, 0.15) is 5.75 Å². The molecule has 1 aromatic carbocycles. The fraction of sp³-hybridized carbons (Fsp3) is 0.385. The number of amides is 2. The van der Waals surface area contributed by atoms with Crippen molar-refractivity contribution in [3.63, 3.8) is 0 Å². The molecule has 2 rings (SSSR count). The summed E-state index contributed by atoms with van der Waals surface area (Å²) in [7, 11) is 0. The number of hydrogen-bond donors (Lipinski definition) is 1. The van der Waals surface area contributed by atoms with Crippen LogP contribution < -0.4 is 10.1 Å². The lowest BCUT2D eigenvalue weighted by atomic mass is 10.3. The van der Waals surface area contributed by atoms with Gasteiger partial charge in [-0.15, -0.1) is 0 Å². The third-order valence-corrected chi connectivity index (χ3v) is 2.91. The van der Waals surface area contributed by atoms with Gasteiger partial charge in [0.2, 0.25) is 5.91 Å². The topological polar surface area (TPSA) is 58.6 Å². The van der Waals surface area contributed by atoms with Crippen molar-refractivity contribution in [1.29, 1.82) is 0 Å². The fourth-order valence-corrected chi connectivity index (χ4v) is 1.96. The van der Waals surface area contributed by atoms with E-state index in [1.54, 1.807) is 29.2 Å². The van der Waals surface area contributed by atoms with Gasteiger partial charge in [0.25, 0.3) is 0 Å². The van der Waals surface area contributed by atoms with Crippen LogP contribution in [0, 0.1) is 0 Å². The number of likely N-dealkylation sites (tertiary alicyclic amines) is 1. The zero-order chi connectivity index (χ0) is 13.0. The molecular formula is C13H16N2O3. The second-order valence-corrected chi connectivity index (χ2v) is 4.30. The summed E-state index contributed by atoms with van der Waals surface area (Å²) in [6, 6.07) is 8.87. The third-order valence-electron chi connectivity index (χ3n) is 2.91. The highest BCUT2D eigenvalue weighted by atomic mass is 16.6. The van der Waals surface area contributed by atoms with E-state index in [-0.39, 0.29) is 11.9 Å². The molecule has 0 bridgehead atoms. The minimum Gasteiger partial charge on any atom is -0.410 e. The molecule has 0 saturated carbocycles. The number of carbonyl (C=O) groups excluding carboxylic acids is 2. The summed E-state index contributed by atoms with van der Waals surface area (Å²) in [6.45, 7) is 2.77. The Morgan fingerprint density at radius 3 is 2.67 bits per heavy atom. The highest BCUT2D eigenvalue weighted by Crippen LogP contribution is 2.11. The van der Waals surface area contributed by atoms with Gasteiger partial charge >= 0.3 is 6.09 Å². The Labute approximate surface area is 106 Å². The van der Waals surface area contributed by atoms with Gasteiger partial charge in [-0.05, 0) is 18.6 Å². The van der Waals surface area contributed by atoms with Crippen LogP contribution in [0.5, 0.6) is 5.75 Å². The Hall–Kier alpha value is -2.04. The van der Waals surface area contributed by atoms with Gasteiger partial charge in [-0.25, -0.2) is 4.79 Å². The molecule has 1 N–H and O–H groups in total. The van der Waals surface area contributed by atoms with E-state index in [2.05, 4.69) is 5.32 Å². The molecule has 0 spiro atoms. The number of rotatable bonds is 2. The molecule has 5 heteroatoms. The lowest BCUT2D eigenvalue weighted by Gasteiger charge is -2.14. The molecule has 2 amide bonds. The standard InChI is InChI=1S/C13H16N2O3/c1-10(16)15-8-7-11(9-15)14-13(17)18-12-5-3-2-4-6-12/h2-6,11H,7-9H2,1H3,(H,14,17). The minimum absolute atomic E-state index is 0.0230. The molecule has 5 nitrogen and oxygen atoms in total. The van der Waals surface area contributed by atoms with Gasteiger partial charge in [0.15, 0.2) is 0 Å². The number of carbonyl (C=O) groups is 2. The molecule has 1 aliphatic heterocycles. The normalized spacial score (nSPS) is 18.5. The van der Waals surface area contributed by atoms with E-state index in [4.69, 9.17) is 4.74 Å². The summed E-state index contributed by atoms with van der Waals surface area (Å²) >= 11 is 0. The smallest absolute Gasteiger partial charge is 0.410 e. The highest BCUT2D eigenvalue weighted by molar-refractivity contribution is 5.74. The van der Waals surface area contributed by atoms with Crippen molar-refractivity contribution in [2.45, 2.75) is 19.4 Å². The summed E-state index contributed by atoms with van der Waals surface area (Å²) in [5.74, 6) is 0.548. The van der Waals surface area contributed by atoms with Crippen LogP contribution in [0.25, 0.3) is 0 Å². The van der Waals surface area contributed by atoms with Crippen molar-refractivity contribution < 1.29 is 14.3 Å². The Morgan fingerprint density at radius 1 is 1.33 bits per heavy atom. The lowest BCUT2D eigenvalue weighted by molar-refractivity contribution is -0.127. The predicted octanol–water partition coefficient (Wildman–Crippen LogP) is 1.40. The third kappa shape index (κ3) is 3.23. The predicted molar refractivity (Wildman–Crippen MR) is 66.3 cm³/mol. The van der Waals surface area contributed by atoms with Crippen molar-refractivity contribution in [3.05, 3.63) is 30.3 Å². The van der Waals surface area contributed by atoms with Crippen molar-refractivity contribution in [3.8, 4) is 5.75 Å². The van der Waals surface area contributed by atoms with E-state index in [0.717, 1.165) is 6.42 Å². The maximum absolute atomic E-state index is 11.6. The Kier molecular flexibility index (Phi) is 3.82. The average Bonchev–Trinajstić information content (AvgIpc) is 2.78. The van der Waals surface area contributed by atoms with Crippen LogP contribution in [-0.4, -0.2) is 36.0 Å². The van der Waals surface area contributed by atoms with Crippen LogP contribution in [0.15, 0.2) is 30.3 Å².